The quantitative estimate of drug-likeness (QED) is 0.878. The van der Waals surface area contributed by atoms with Crippen molar-refractivity contribution in [3.05, 3.63) is 15.9 Å². The zero-order valence-electron chi connectivity index (χ0n) is 9.30. The van der Waals surface area contributed by atoms with Crippen LogP contribution in [0.3, 0.4) is 0 Å². The number of aromatic nitrogens is 2. The smallest absolute Gasteiger partial charge is 0.152 e. The van der Waals surface area contributed by atoms with Crippen LogP contribution in [-0.2, 0) is 18.3 Å². The normalized spacial score (nSPS) is 10.7. The molecule has 0 bridgehead atoms. The fraction of sp³-hybridized carbons (Fsp3) is 0.600. The van der Waals surface area contributed by atoms with Crippen LogP contribution in [0.1, 0.15) is 18.3 Å². The summed E-state index contributed by atoms with van der Waals surface area (Å²) >= 11 is 3.44. The maximum atomic E-state index is 11.6. The molecule has 0 aliphatic rings. The molecule has 0 unspecified atom stereocenters. The van der Waals surface area contributed by atoms with E-state index in [1.807, 2.05) is 20.9 Å². The van der Waals surface area contributed by atoms with Gasteiger partial charge in [0, 0.05) is 7.05 Å². The van der Waals surface area contributed by atoms with Gasteiger partial charge < -0.3 is 5.32 Å². The fourth-order valence-electron chi connectivity index (χ4n) is 1.39. The van der Waals surface area contributed by atoms with Crippen molar-refractivity contribution in [1.82, 2.24) is 15.1 Å². The van der Waals surface area contributed by atoms with Gasteiger partial charge in [-0.3, -0.25) is 9.48 Å². The van der Waals surface area contributed by atoms with Crippen molar-refractivity contribution in [2.75, 3.05) is 13.1 Å². The fourth-order valence-corrected chi connectivity index (χ4v) is 1.86. The molecule has 0 saturated heterocycles. The Bertz CT molecular complexity index is 360. The van der Waals surface area contributed by atoms with Gasteiger partial charge in [0.1, 0.15) is 0 Å². The number of aryl methyl sites for hydroxylation is 2. The lowest BCUT2D eigenvalue weighted by Crippen LogP contribution is -2.24. The van der Waals surface area contributed by atoms with Gasteiger partial charge in [0.05, 0.1) is 28.8 Å². The Morgan fingerprint density at radius 1 is 1.60 bits per heavy atom. The first-order chi connectivity index (χ1) is 7.06. The Hall–Kier alpha value is -0.680. The molecule has 0 radical (unpaired) electrons. The summed E-state index contributed by atoms with van der Waals surface area (Å²) in [6.45, 7) is 5.14. The van der Waals surface area contributed by atoms with Gasteiger partial charge in [0.2, 0.25) is 0 Å². The van der Waals surface area contributed by atoms with E-state index >= 15 is 0 Å². The number of Topliss-reactive ketones (excluding diaryl/α,β-unsaturated/α-hetero) is 1. The highest BCUT2D eigenvalue weighted by molar-refractivity contribution is 9.10. The van der Waals surface area contributed by atoms with E-state index < -0.39 is 0 Å². The third-order valence-corrected chi connectivity index (χ3v) is 3.23. The summed E-state index contributed by atoms with van der Waals surface area (Å²) in [4.78, 5) is 11.6. The van der Waals surface area contributed by atoms with Crippen LogP contribution in [0.4, 0.5) is 0 Å². The first kappa shape index (κ1) is 12.4. The molecule has 1 aromatic rings. The monoisotopic (exact) mass is 273 g/mol. The third-order valence-electron chi connectivity index (χ3n) is 2.20. The highest BCUT2D eigenvalue weighted by Crippen LogP contribution is 2.20. The zero-order chi connectivity index (χ0) is 11.4. The number of nitrogens with one attached hydrogen (secondary N) is 1. The molecule has 84 valence electrons. The van der Waals surface area contributed by atoms with Gasteiger partial charge in [0.25, 0.3) is 0 Å². The summed E-state index contributed by atoms with van der Waals surface area (Å²) in [7, 11) is 1.85. The van der Waals surface area contributed by atoms with Crippen LogP contribution in [0.5, 0.6) is 0 Å². The number of halogens is 1. The second-order valence-electron chi connectivity index (χ2n) is 3.47. The Kier molecular flexibility index (Phi) is 4.47. The number of carbonyl (C=O) groups is 1. The van der Waals surface area contributed by atoms with Gasteiger partial charge in [0.15, 0.2) is 5.78 Å². The van der Waals surface area contributed by atoms with Gasteiger partial charge in [-0.05, 0) is 29.4 Å². The van der Waals surface area contributed by atoms with Crippen LogP contribution in [0.2, 0.25) is 0 Å². The maximum absolute atomic E-state index is 11.6. The summed E-state index contributed by atoms with van der Waals surface area (Å²) in [5.74, 6) is 0.181. The molecular formula is C10H16BrN3O. The number of nitrogens with zero attached hydrogens (tertiary/aromatic N) is 2. The van der Waals surface area contributed by atoms with E-state index in [4.69, 9.17) is 0 Å². The average Bonchev–Trinajstić information content (AvgIpc) is 2.42. The molecular weight excluding hydrogens is 258 g/mol. The second-order valence-corrected chi connectivity index (χ2v) is 4.26. The van der Waals surface area contributed by atoms with Crippen LogP contribution >= 0.6 is 15.9 Å². The summed E-state index contributed by atoms with van der Waals surface area (Å²) < 4.78 is 2.69. The van der Waals surface area contributed by atoms with Crippen molar-refractivity contribution in [1.29, 1.82) is 0 Å². The van der Waals surface area contributed by atoms with Crippen molar-refractivity contribution in [3.8, 4) is 0 Å². The largest absolute Gasteiger partial charge is 0.310 e. The Labute approximate surface area is 98.2 Å². The van der Waals surface area contributed by atoms with E-state index in [2.05, 4.69) is 26.3 Å². The SMILES string of the molecule is CCNCC(=O)Cc1c(Br)c(C)nn1C. The molecule has 1 rings (SSSR count). The Morgan fingerprint density at radius 2 is 2.27 bits per heavy atom. The molecule has 1 aromatic heterocycles. The molecule has 0 saturated carbocycles. The molecule has 4 nitrogen and oxygen atoms in total. The van der Waals surface area contributed by atoms with Crippen molar-refractivity contribution >= 4 is 21.7 Å². The number of rotatable bonds is 5. The molecule has 1 heterocycles. The number of hydrogen-bond acceptors (Lipinski definition) is 3. The van der Waals surface area contributed by atoms with Crippen LogP contribution in [0, 0.1) is 6.92 Å². The first-order valence-corrected chi connectivity index (χ1v) is 5.76. The molecule has 0 aliphatic heterocycles. The number of hydrogen-bond donors (Lipinski definition) is 1. The minimum atomic E-state index is 0.181. The molecule has 0 aliphatic carbocycles. The van der Waals surface area contributed by atoms with Crippen LogP contribution in [0.25, 0.3) is 0 Å². The van der Waals surface area contributed by atoms with Crippen LogP contribution < -0.4 is 5.32 Å². The predicted molar refractivity (Wildman–Crippen MR) is 62.9 cm³/mol. The molecule has 0 atom stereocenters. The first-order valence-electron chi connectivity index (χ1n) is 4.96. The minimum Gasteiger partial charge on any atom is -0.310 e. The molecule has 0 aromatic carbocycles. The van der Waals surface area contributed by atoms with Crippen molar-refractivity contribution in [2.24, 2.45) is 7.05 Å². The van der Waals surface area contributed by atoms with Gasteiger partial charge in [-0.1, -0.05) is 6.92 Å². The van der Waals surface area contributed by atoms with Crippen molar-refractivity contribution < 1.29 is 4.79 Å². The van der Waals surface area contributed by atoms with E-state index in [9.17, 15) is 4.79 Å². The van der Waals surface area contributed by atoms with Gasteiger partial charge in [-0.25, -0.2) is 0 Å². The highest BCUT2D eigenvalue weighted by atomic mass is 79.9. The van der Waals surface area contributed by atoms with Crippen LogP contribution in [-0.4, -0.2) is 28.7 Å². The molecule has 0 spiro atoms. The third kappa shape index (κ3) is 3.14. The van der Waals surface area contributed by atoms with Gasteiger partial charge >= 0.3 is 0 Å². The van der Waals surface area contributed by atoms with Gasteiger partial charge in [-0.2, -0.15) is 5.10 Å². The van der Waals surface area contributed by atoms with Crippen LogP contribution in [0.15, 0.2) is 4.47 Å². The van der Waals surface area contributed by atoms with E-state index in [-0.39, 0.29) is 5.78 Å². The lowest BCUT2D eigenvalue weighted by atomic mass is 10.2. The Morgan fingerprint density at radius 3 is 2.73 bits per heavy atom. The maximum Gasteiger partial charge on any atom is 0.152 e. The summed E-state index contributed by atoms with van der Waals surface area (Å²) in [5, 5.41) is 7.26. The van der Waals surface area contributed by atoms with Gasteiger partial charge in [-0.15, -0.1) is 0 Å². The molecule has 0 amide bonds. The molecule has 5 heteroatoms. The van der Waals surface area contributed by atoms with E-state index in [1.54, 1.807) is 4.68 Å². The lowest BCUT2D eigenvalue weighted by molar-refractivity contribution is -0.117. The molecule has 15 heavy (non-hydrogen) atoms. The number of likely N-dealkylation sites (N-methyl/N-ethyl adjacent to an activating group) is 1. The number of ketones is 1. The predicted octanol–water partition coefficient (Wildman–Crippen LogP) is 1.21. The highest BCUT2D eigenvalue weighted by Gasteiger charge is 2.13. The average molecular weight is 274 g/mol. The lowest BCUT2D eigenvalue weighted by Gasteiger charge is -2.03. The van der Waals surface area contributed by atoms with E-state index in [0.29, 0.717) is 13.0 Å². The Balaban J connectivity index is 2.68. The van der Waals surface area contributed by atoms with E-state index in [1.165, 1.54) is 0 Å². The minimum absolute atomic E-state index is 0.181. The van der Waals surface area contributed by atoms with E-state index in [0.717, 1.165) is 22.4 Å². The molecule has 0 fully saturated rings. The second kappa shape index (κ2) is 5.42. The topological polar surface area (TPSA) is 46.9 Å². The summed E-state index contributed by atoms with van der Waals surface area (Å²) in [6, 6.07) is 0. The molecule has 1 N–H and O–H groups in total. The number of carbonyl (C=O) groups excluding carboxylic acids is 1. The van der Waals surface area contributed by atoms with Crippen molar-refractivity contribution in [3.63, 3.8) is 0 Å². The summed E-state index contributed by atoms with van der Waals surface area (Å²) in [6.07, 6.45) is 0.422. The summed E-state index contributed by atoms with van der Waals surface area (Å²) in [5.41, 5.74) is 1.86. The van der Waals surface area contributed by atoms with Crippen molar-refractivity contribution in [2.45, 2.75) is 20.3 Å². The zero-order valence-corrected chi connectivity index (χ0v) is 10.9. The standard InChI is InChI=1S/C10H16BrN3O/c1-4-12-6-8(15)5-9-10(11)7(2)13-14(9)3/h12H,4-6H2,1-3H3.